The third-order valence-corrected chi connectivity index (χ3v) is 4.69. The maximum atomic E-state index is 12.1. The highest BCUT2D eigenvalue weighted by Gasteiger charge is 2.07. The summed E-state index contributed by atoms with van der Waals surface area (Å²) in [5, 5.41) is 11.8. The van der Waals surface area contributed by atoms with Crippen molar-refractivity contribution >= 4 is 39.2 Å². The van der Waals surface area contributed by atoms with E-state index in [0.717, 1.165) is 16.8 Å². The molecule has 0 aliphatic rings. The largest absolute Gasteiger partial charge is 0.298 e. The SMILES string of the molecule is Cn1cc(/C=C/C(=O)Nc2nc(-c3ccc4ccccc4c3)cs2)cn1. The van der Waals surface area contributed by atoms with E-state index in [1.807, 2.05) is 36.8 Å². The van der Waals surface area contributed by atoms with Crippen molar-refractivity contribution in [3.05, 3.63) is 71.9 Å². The number of nitrogens with one attached hydrogen (secondary N) is 1. The minimum atomic E-state index is -0.215. The molecule has 5 nitrogen and oxygen atoms in total. The zero-order valence-electron chi connectivity index (χ0n) is 14.1. The number of hydrogen-bond donors (Lipinski definition) is 1. The molecule has 4 rings (SSSR count). The lowest BCUT2D eigenvalue weighted by molar-refractivity contribution is -0.111. The molecule has 2 aromatic heterocycles. The fraction of sp³-hybridized carbons (Fsp3) is 0.0500. The molecule has 1 amide bonds. The molecule has 0 aliphatic heterocycles. The van der Waals surface area contributed by atoms with E-state index in [0.29, 0.717) is 5.13 Å². The molecular formula is C20H16N4OS. The number of aromatic nitrogens is 3. The highest BCUT2D eigenvalue weighted by Crippen LogP contribution is 2.27. The maximum Gasteiger partial charge on any atom is 0.250 e. The molecule has 0 bridgehead atoms. The molecule has 2 heterocycles. The molecule has 0 aliphatic carbocycles. The lowest BCUT2D eigenvalue weighted by atomic mass is 10.1. The molecule has 26 heavy (non-hydrogen) atoms. The summed E-state index contributed by atoms with van der Waals surface area (Å²) in [6.07, 6.45) is 6.74. The second-order valence-corrected chi connectivity index (χ2v) is 6.73. The van der Waals surface area contributed by atoms with E-state index >= 15 is 0 Å². The lowest BCUT2D eigenvalue weighted by Crippen LogP contribution is -2.07. The number of carbonyl (C=O) groups excluding carboxylic acids is 1. The van der Waals surface area contributed by atoms with Gasteiger partial charge < -0.3 is 0 Å². The van der Waals surface area contributed by atoms with Gasteiger partial charge in [0, 0.05) is 35.8 Å². The van der Waals surface area contributed by atoms with E-state index in [4.69, 9.17) is 0 Å². The molecular weight excluding hydrogens is 344 g/mol. The first-order chi connectivity index (χ1) is 12.7. The van der Waals surface area contributed by atoms with Crippen molar-refractivity contribution in [2.45, 2.75) is 0 Å². The smallest absolute Gasteiger partial charge is 0.250 e. The van der Waals surface area contributed by atoms with Crippen molar-refractivity contribution in [2.75, 3.05) is 5.32 Å². The molecule has 0 atom stereocenters. The number of aryl methyl sites for hydroxylation is 1. The van der Waals surface area contributed by atoms with Crippen LogP contribution < -0.4 is 5.32 Å². The number of benzene rings is 2. The maximum absolute atomic E-state index is 12.1. The number of thiazole rings is 1. The van der Waals surface area contributed by atoms with Crippen molar-refractivity contribution in [3.8, 4) is 11.3 Å². The summed E-state index contributed by atoms with van der Waals surface area (Å²) in [5.74, 6) is -0.215. The summed E-state index contributed by atoms with van der Waals surface area (Å²) < 4.78 is 1.69. The number of amides is 1. The summed E-state index contributed by atoms with van der Waals surface area (Å²) in [7, 11) is 1.83. The Bertz CT molecular complexity index is 1110. The van der Waals surface area contributed by atoms with Crippen LogP contribution in [-0.2, 0) is 11.8 Å². The number of hydrogen-bond acceptors (Lipinski definition) is 4. The minimum Gasteiger partial charge on any atom is -0.298 e. The molecule has 2 aromatic carbocycles. The molecule has 0 saturated carbocycles. The number of rotatable bonds is 4. The quantitative estimate of drug-likeness (QED) is 0.551. The second kappa shape index (κ2) is 6.93. The summed E-state index contributed by atoms with van der Waals surface area (Å²) in [4.78, 5) is 16.6. The standard InChI is InChI=1S/C20H16N4OS/c1-24-12-14(11-21-24)6-9-19(25)23-20-22-18(13-26-20)17-8-7-15-4-2-3-5-16(15)10-17/h2-13H,1H3,(H,22,23,25)/b9-6+. The van der Waals surface area contributed by atoms with Crippen molar-refractivity contribution in [3.63, 3.8) is 0 Å². The molecule has 0 spiro atoms. The summed E-state index contributed by atoms with van der Waals surface area (Å²) in [5.41, 5.74) is 2.76. The first kappa shape index (κ1) is 16.2. The van der Waals surface area contributed by atoms with Crippen molar-refractivity contribution in [2.24, 2.45) is 7.05 Å². The predicted octanol–water partition coefficient (Wildman–Crippen LogP) is 4.35. The van der Waals surface area contributed by atoms with Gasteiger partial charge in [0.25, 0.3) is 0 Å². The van der Waals surface area contributed by atoms with E-state index in [1.54, 1.807) is 17.0 Å². The Balaban J connectivity index is 1.48. The van der Waals surface area contributed by atoms with E-state index in [9.17, 15) is 4.79 Å². The molecule has 0 saturated heterocycles. The summed E-state index contributed by atoms with van der Waals surface area (Å²) in [6, 6.07) is 14.4. The Morgan fingerprint density at radius 1 is 1.19 bits per heavy atom. The van der Waals surface area contributed by atoms with Gasteiger partial charge in [-0.2, -0.15) is 5.10 Å². The zero-order valence-corrected chi connectivity index (χ0v) is 14.9. The number of anilines is 1. The van der Waals surface area contributed by atoms with Crippen molar-refractivity contribution < 1.29 is 4.79 Å². The molecule has 6 heteroatoms. The number of fused-ring (bicyclic) bond motifs is 1. The summed E-state index contributed by atoms with van der Waals surface area (Å²) >= 11 is 1.41. The van der Waals surface area contributed by atoms with Crippen LogP contribution in [0.5, 0.6) is 0 Å². The Morgan fingerprint density at radius 2 is 2.04 bits per heavy atom. The lowest BCUT2D eigenvalue weighted by Gasteiger charge is -2.01. The minimum absolute atomic E-state index is 0.215. The van der Waals surface area contributed by atoms with Gasteiger partial charge in [-0.3, -0.25) is 14.8 Å². The van der Waals surface area contributed by atoms with E-state index in [1.165, 1.54) is 28.2 Å². The third kappa shape index (κ3) is 3.55. The Labute approximate surface area is 154 Å². The van der Waals surface area contributed by atoms with Gasteiger partial charge in [-0.25, -0.2) is 4.98 Å². The van der Waals surface area contributed by atoms with Gasteiger partial charge in [-0.05, 0) is 22.9 Å². The van der Waals surface area contributed by atoms with Crippen LogP contribution in [0.25, 0.3) is 28.1 Å². The molecule has 4 aromatic rings. The Kier molecular flexibility index (Phi) is 4.33. The topological polar surface area (TPSA) is 59.8 Å². The van der Waals surface area contributed by atoms with Crippen molar-refractivity contribution in [1.82, 2.24) is 14.8 Å². The first-order valence-corrected chi connectivity index (χ1v) is 8.98. The fourth-order valence-electron chi connectivity index (χ4n) is 2.66. The van der Waals surface area contributed by atoms with Gasteiger partial charge in [0.05, 0.1) is 11.9 Å². The predicted molar refractivity (Wildman–Crippen MR) is 106 cm³/mol. The molecule has 128 valence electrons. The monoisotopic (exact) mass is 360 g/mol. The average Bonchev–Trinajstić information content (AvgIpc) is 3.28. The first-order valence-electron chi connectivity index (χ1n) is 8.10. The third-order valence-electron chi connectivity index (χ3n) is 3.93. The van der Waals surface area contributed by atoms with Crippen LogP contribution >= 0.6 is 11.3 Å². The van der Waals surface area contributed by atoms with Crippen LogP contribution in [0.3, 0.4) is 0 Å². The summed E-state index contributed by atoms with van der Waals surface area (Å²) in [6.45, 7) is 0. The van der Waals surface area contributed by atoms with Gasteiger partial charge >= 0.3 is 0 Å². The van der Waals surface area contributed by atoms with Gasteiger partial charge in [0.15, 0.2) is 5.13 Å². The number of carbonyl (C=O) groups is 1. The van der Waals surface area contributed by atoms with Crippen LogP contribution in [0.1, 0.15) is 5.56 Å². The zero-order chi connectivity index (χ0) is 17.9. The molecule has 0 fully saturated rings. The van der Waals surface area contributed by atoms with Crippen LogP contribution in [0, 0.1) is 0 Å². The van der Waals surface area contributed by atoms with Crippen molar-refractivity contribution in [1.29, 1.82) is 0 Å². The van der Waals surface area contributed by atoms with E-state index in [-0.39, 0.29) is 5.91 Å². The van der Waals surface area contributed by atoms with Crippen LogP contribution in [0.4, 0.5) is 5.13 Å². The highest BCUT2D eigenvalue weighted by atomic mass is 32.1. The van der Waals surface area contributed by atoms with Gasteiger partial charge in [0.1, 0.15) is 0 Å². The Hall–Kier alpha value is -3.25. The van der Waals surface area contributed by atoms with Crippen LogP contribution in [0.15, 0.2) is 66.3 Å². The molecule has 1 N–H and O–H groups in total. The Morgan fingerprint density at radius 3 is 2.85 bits per heavy atom. The molecule has 0 radical (unpaired) electrons. The van der Waals surface area contributed by atoms with Gasteiger partial charge in [-0.1, -0.05) is 36.4 Å². The van der Waals surface area contributed by atoms with Gasteiger partial charge in [-0.15, -0.1) is 11.3 Å². The van der Waals surface area contributed by atoms with E-state index in [2.05, 4.69) is 39.7 Å². The second-order valence-electron chi connectivity index (χ2n) is 5.87. The fourth-order valence-corrected chi connectivity index (χ4v) is 3.38. The normalized spacial score (nSPS) is 11.3. The van der Waals surface area contributed by atoms with Crippen LogP contribution in [-0.4, -0.2) is 20.7 Å². The molecule has 0 unspecified atom stereocenters. The highest BCUT2D eigenvalue weighted by molar-refractivity contribution is 7.14. The number of nitrogens with zero attached hydrogens (tertiary/aromatic N) is 3. The van der Waals surface area contributed by atoms with E-state index < -0.39 is 0 Å². The van der Waals surface area contributed by atoms with Crippen LogP contribution in [0.2, 0.25) is 0 Å². The van der Waals surface area contributed by atoms with Gasteiger partial charge in [0.2, 0.25) is 5.91 Å². The average molecular weight is 360 g/mol.